The molecule has 0 saturated heterocycles. The Hall–Kier alpha value is -1.29. The van der Waals surface area contributed by atoms with Gasteiger partial charge in [-0.3, -0.25) is 0 Å². The molecular weight excluding hydrogens is 278 g/mol. The van der Waals surface area contributed by atoms with Crippen LogP contribution in [0.25, 0.3) is 0 Å². The molecule has 2 N–H and O–H groups in total. The second-order valence-electron chi connectivity index (χ2n) is 6.69. The van der Waals surface area contributed by atoms with Crippen LogP contribution in [0.4, 0.5) is 4.79 Å². The topological polar surface area (TPSA) is 58.6 Å². The first-order valence-corrected chi connectivity index (χ1v) is 8.03. The highest BCUT2D eigenvalue weighted by atomic mass is 16.6. The van der Waals surface area contributed by atoms with Crippen LogP contribution in [0.2, 0.25) is 0 Å². The van der Waals surface area contributed by atoms with Crippen LogP contribution in [-0.2, 0) is 4.74 Å². The molecule has 0 aromatic heterocycles. The second kappa shape index (κ2) is 8.99. The summed E-state index contributed by atoms with van der Waals surface area (Å²) < 4.78 is 5.18. The smallest absolute Gasteiger partial charge is 0.407 e. The summed E-state index contributed by atoms with van der Waals surface area (Å²) in [6.07, 6.45) is 5.78. The number of aliphatic hydroxyl groups is 1. The van der Waals surface area contributed by atoms with Crippen molar-refractivity contribution in [1.82, 2.24) is 5.32 Å². The van der Waals surface area contributed by atoms with Gasteiger partial charge in [0, 0.05) is 6.54 Å². The van der Waals surface area contributed by atoms with Crippen LogP contribution in [0.3, 0.4) is 0 Å². The second-order valence-corrected chi connectivity index (χ2v) is 6.69. The molecule has 0 unspecified atom stereocenters. The summed E-state index contributed by atoms with van der Waals surface area (Å²) in [5.74, 6) is 0. The number of amides is 1. The number of unbranched alkanes of at least 4 members (excludes halogenated alkanes) is 1. The first-order valence-electron chi connectivity index (χ1n) is 8.03. The summed E-state index contributed by atoms with van der Waals surface area (Å²) in [6, 6.07) is 0. The zero-order valence-electron chi connectivity index (χ0n) is 15.2. The third-order valence-electron chi connectivity index (χ3n) is 3.80. The molecule has 0 radical (unpaired) electrons. The first kappa shape index (κ1) is 20.7. The van der Waals surface area contributed by atoms with E-state index in [9.17, 15) is 9.90 Å². The van der Waals surface area contributed by atoms with Gasteiger partial charge in [-0.15, -0.1) is 0 Å². The van der Waals surface area contributed by atoms with Gasteiger partial charge >= 0.3 is 6.09 Å². The lowest BCUT2D eigenvalue weighted by atomic mass is 9.82. The molecule has 4 nitrogen and oxygen atoms in total. The van der Waals surface area contributed by atoms with E-state index in [1.807, 2.05) is 60.6 Å². The molecule has 4 heteroatoms. The lowest BCUT2D eigenvalue weighted by Gasteiger charge is -2.30. The third-order valence-corrected chi connectivity index (χ3v) is 3.80. The van der Waals surface area contributed by atoms with Gasteiger partial charge in [-0.2, -0.15) is 0 Å². The van der Waals surface area contributed by atoms with Gasteiger partial charge in [0.15, 0.2) is 0 Å². The quantitative estimate of drug-likeness (QED) is 0.543. The van der Waals surface area contributed by atoms with Crippen LogP contribution in [0.15, 0.2) is 23.3 Å². The molecule has 0 heterocycles. The number of nitrogens with one attached hydrogen (secondary N) is 1. The van der Waals surface area contributed by atoms with Crippen LogP contribution >= 0.6 is 0 Å². The van der Waals surface area contributed by atoms with Gasteiger partial charge in [0.2, 0.25) is 0 Å². The summed E-state index contributed by atoms with van der Waals surface area (Å²) in [7, 11) is 0. The normalized spacial score (nSPS) is 16.2. The zero-order chi connectivity index (χ0) is 17.4. The monoisotopic (exact) mass is 311 g/mol. The van der Waals surface area contributed by atoms with E-state index >= 15 is 0 Å². The average Bonchev–Trinajstić information content (AvgIpc) is 2.42. The Morgan fingerprint density at radius 3 is 2.00 bits per heavy atom. The summed E-state index contributed by atoms with van der Waals surface area (Å²) in [5, 5.41) is 13.6. The molecular formula is C18H33NO3. The van der Waals surface area contributed by atoms with E-state index in [4.69, 9.17) is 4.74 Å². The summed E-state index contributed by atoms with van der Waals surface area (Å²) in [5.41, 5.74) is 0.567. The minimum absolute atomic E-state index is 0.392. The predicted molar refractivity (Wildman–Crippen MR) is 91.9 cm³/mol. The maximum atomic E-state index is 11.5. The largest absolute Gasteiger partial charge is 0.444 e. The van der Waals surface area contributed by atoms with Gasteiger partial charge in [-0.05, 0) is 78.9 Å². The maximum Gasteiger partial charge on any atom is 0.407 e. The number of allylic oxidation sites excluding steroid dienone is 2. The average molecular weight is 311 g/mol. The van der Waals surface area contributed by atoms with Crippen molar-refractivity contribution in [2.75, 3.05) is 6.54 Å². The molecule has 128 valence electrons. The molecule has 0 spiro atoms. The predicted octanol–water partition coefficient (Wildman–Crippen LogP) is 4.34. The number of carbonyl (C=O) groups excluding carboxylic acids is 1. The minimum Gasteiger partial charge on any atom is -0.444 e. The van der Waals surface area contributed by atoms with E-state index in [0.717, 1.165) is 24.0 Å². The first-order chi connectivity index (χ1) is 10.1. The summed E-state index contributed by atoms with van der Waals surface area (Å²) in [6.45, 7) is 13.8. The van der Waals surface area contributed by atoms with Gasteiger partial charge in [0.25, 0.3) is 0 Å². The number of carbonyl (C=O) groups is 1. The number of rotatable bonds is 7. The van der Waals surface area contributed by atoms with Crippen LogP contribution in [0.1, 0.15) is 67.7 Å². The van der Waals surface area contributed by atoms with Crippen molar-refractivity contribution < 1.29 is 14.6 Å². The van der Waals surface area contributed by atoms with Gasteiger partial charge < -0.3 is 15.2 Å². The molecule has 0 aliphatic carbocycles. The van der Waals surface area contributed by atoms with E-state index in [1.165, 1.54) is 0 Å². The van der Waals surface area contributed by atoms with Crippen LogP contribution < -0.4 is 5.32 Å². The van der Waals surface area contributed by atoms with E-state index in [1.54, 1.807) is 0 Å². The number of hydrogen-bond acceptors (Lipinski definition) is 3. The highest BCUT2D eigenvalue weighted by Crippen LogP contribution is 2.30. The van der Waals surface area contributed by atoms with Crippen LogP contribution in [-0.4, -0.2) is 28.9 Å². The Balaban J connectivity index is 4.30. The lowest BCUT2D eigenvalue weighted by molar-refractivity contribution is 0.0525. The van der Waals surface area contributed by atoms with Crippen molar-refractivity contribution in [3.05, 3.63) is 23.3 Å². The molecule has 0 aliphatic heterocycles. The third kappa shape index (κ3) is 7.12. The fourth-order valence-electron chi connectivity index (χ4n) is 2.19. The molecule has 0 atom stereocenters. The number of hydrogen-bond donors (Lipinski definition) is 2. The molecule has 0 aromatic rings. The van der Waals surface area contributed by atoms with E-state index < -0.39 is 17.3 Å². The molecule has 0 rings (SSSR count). The molecule has 0 aliphatic rings. The fraction of sp³-hybridized carbons (Fsp3) is 0.722. The molecule has 0 fully saturated rings. The van der Waals surface area contributed by atoms with Crippen LogP contribution in [0.5, 0.6) is 0 Å². The zero-order valence-corrected chi connectivity index (χ0v) is 15.2. The van der Waals surface area contributed by atoms with Gasteiger partial charge in [0.1, 0.15) is 11.2 Å². The molecule has 0 bridgehead atoms. The lowest BCUT2D eigenvalue weighted by Crippen LogP contribution is -2.34. The number of ether oxygens (including phenoxy) is 1. The maximum absolute atomic E-state index is 11.5. The van der Waals surface area contributed by atoms with Crippen LogP contribution in [0, 0.1) is 0 Å². The summed E-state index contributed by atoms with van der Waals surface area (Å²) >= 11 is 0. The Kier molecular flexibility index (Phi) is 8.46. The van der Waals surface area contributed by atoms with Gasteiger partial charge in [-0.1, -0.05) is 12.2 Å². The Morgan fingerprint density at radius 1 is 1.09 bits per heavy atom. The molecule has 0 saturated carbocycles. The highest BCUT2D eigenvalue weighted by Gasteiger charge is 2.29. The Labute approximate surface area is 135 Å². The summed E-state index contributed by atoms with van der Waals surface area (Å²) in [4.78, 5) is 11.5. The molecule has 22 heavy (non-hydrogen) atoms. The number of alkyl carbamates (subject to hydrolysis) is 1. The Bertz CT molecular complexity index is 399. The standard InChI is InChI=1S/C18H33NO3/c1-8-14(3)18(21,15(4)9-2)12-10-11-13-19-16(20)22-17(5,6)7/h8-9,21H,10-13H2,1-7H3,(H,19,20). The molecule has 1 amide bonds. The van der Waals surface area contributed by atoms with Gasteiger partial charge in [-0.25, -0.2) is 4.79 Å². The van der Waals surface area contributed by atoms with E-state index in [2.05, 4.69) is 5.32 Å². The Morgan fingerprint density at radius 2 is 1.59 bits per heavy atom. The van der Waals surface area contributed by atoms with E-state index in [0.29, 0.717) is 13.0 Å². The SMILES string of the molecule is CC=C(C)C(O)(CCCCNC(=O)OC(C)(C)C)C(C)=CC. The highest BCUT2D eigenvalue weighted by molar-refractivity contribution is 5.67. The molecule has 0 aromatic carbocycles. The van der Waals surface area contributed by atoms with Gasteiger partial charge in [0.05, 0.1) is 0 Å². The fourth-order valence-corrected chi connectivity index (χ4v) is 2.19. The van der Waals surface area contributed by atoms with Crippen molar-refractivity contribution >= 4 is 6.09 Å². The van der Waals surface area contributed by atoms with Crippen molar-refractivity contribution in [1.29, 1.82) is 0 Å². The van der Waals surface area contributed by atoms with Crippen molar-refractivity contribution in [2.24, 2.45) is 0 Å². The van der Waals surface area contributed by atoms with Crippen molar-refractivity contribution in [3.8, 4) is 0 Å². The van der Waals surface area contributed by atoms with E-state index in [-0.39, 0.29) is 0 Å². The van der Waals surface area contributed by atoms with Crippen molar-refractivity contribution in [3.63, 3.8) is 0 Å². The minimum atomic E-state index is -0.880. The van der Waals surface area contributed by atoms with Crippen molar-refractivity contribution in [2.45, 2.75) is 78.9 Å².